The van der Waals surface area contributed by atoms with Crippen LogP contribution in [0, 0.1) is 11.8 Å². The maximum atomic E-state index is 12.2. The van der Waals surface area contributed by atoms with Crippen molar-refractivity contribution >= 4 is 6.03 Å². The molecule has 114 valence electrons. The van der Waals surface area contributed by atoms with Crippen LogP contribution in [0.4, 0.5) is 4.79 Å². The Morgan fingerprint density at radius 2 is 2.20 bits per heavy atom. The molecule has 2 rings (SSSR count). The quantitative estimate of drug-likeness (QED) is 0.802. The van der Waals surface area contributed by atoms with E-state index in [1.54, 1.807) is 0 Å². The Morgan fingerprint density at radius 1 is 1.35 bits per heavy atom. The lowest BCUT2D eigenvalue weighted by Crippen LogP contribution is -2.40. The lowest BCUT2D eigenvalue weighted by atomic mass is 10.0. The Bertz CT molecular complexity index is 341. The molecular weight excluding hydrogens is 250 g/mol. The number of carbonyl (C=O) groups is 1. The molecule has 1 saturated heterocycles. The molecule has 0 radical (unpaired) electrons. The number of rotatable bonds is 4. The standard InChI is InChI=1S/C16H29N3O/c1-18(2)12-15-9-10-19(13-15)16(20)17-11-14-7-5-3-4-6-8-14/h5,7,14-15H,3-4,6,8-13H2,1-2H3,(H,17,20). The number of allylic oxidation sites excluding steroid dienone is 1. The highest BCUT2D eigenvalue weighted by Crippen LogP contribution is 2.18. The average molecular weight is 279 g/mol. The minimum absolute atomic E-state index is 0.129. The first-order valence-corrected chi connectivity index (χ1v) is 7.99. The SMILES string of the molecule is CN(C)CC1CCN(C(=O)NCC2C=CCCCC2)C1. The number of amides is 2. The van der Waals surface area contributed by atoms with Crippen molar-refractivity contribution in [1.82, 2.24) is 15.1 Å². The zero-order valence-electron chi connectivity index (χ0n) is 13.0. The zero-order valence-corrected chi connectivity index (χ0v) is 13.0. The highest BCUT2D eigenvalue weighted by atomic mass is 16.2. The predicted octanol–water partition coefficient (Wildman–Crippen LogP) is 2.33. The van der Waals surface area contributed by atoms with Crippen LogP contribution in [-0.2, 0) is 0 Å². The minimum atomic E-state index is 0.129. The summed E-state index contributed by atoms with van der Waals surface area (Å²) >= 11 is 0. The summed E-state index contributed by atoms with van der Waals surface area (Å²) in [6.45, 7) is 3.69. The Morgan fingerprint density at radius 3 is 3.00 bits per heavy atom. The molecular formula is C16H29N3O. The van der Waals surface area contributed by atoms with Crippen molar-refractivity contribution in [2.75, 3.05) is 40.3 Å². The Labute approximate surface area is 123 Å². The van der Waals surface area contributed by atoms with Crippen molar-refractivity contribution in [3.63, 3.8) is 0 Å². The molecule has 1 N–H and O–H groups in total. The van der Waals surface area contributed by atoms with E-state index in [2.05, 4.69) is 36.5 Å². The third-order valence-electron chi connectivity index (χ3n) is 4.32. The van der Waals surface area contributed by atoms with Crippen LogP contribution < -0.4 is 5.32 Å². The molecule has 0 aromatic heterocycles. The van der Waals surface area contributed by atoms with Crippen molar-refractivity contribution < 1.29 is 4.79 Å². The molecule has 1 fully saturated rings. The van der Waals surface area contributed by atoms with Gasteiger partial charge in [0.1, 0.15) is 0 Å². The van der Waals surface area contributed by atoms with E-state index in [9.17, 15) is 4.79 Å². The molecule has 2 unspecified atom stereocenters. The first-order valence-electron chi connectivity index (χ1n) is 7.99. The largest absolute Gasteiger partial charge is 0.337 e. The summed E-state index contributed by atoms with van der Waals surface area (Å²) in [7, 11) is 4.20. The molecule has 0 aromatic rings. The van der Waals surface area contributed by atoms with Gasteiger partial charge in [0.05, 0.1) is 0 Å². The van der Waals surface area contributed by atoms with E-state index in [1.165, 1.54) is 25.7 Å². The summed E-state index contributed by atoms with van der Waals surface area (Å²) in [4.78, 5) is 16.4. The summed E-state index contributed by atoms with van der Waals surface area (Å²) in [6.07, 6.45) is 10.7. The van der Waals surface area contributed by atoms with E-state index in [0.717, 1.165) is 32.6 Å². The highest BCUT2D eigenvalue weighted by molar-refractivity contribution is 5.74. The van der Waals surface area contributed by atoms with Gasteiger partial charge in [-0.3, -0.25) is 0 Å². The Kier molecular flexibility index (Phi) is 5.89. The van der Waals surface area contributed by atoms with Gasteiger partial charge in [0.2, 0.25) is 0 Å². The fourth-order valence-electron chi connectivity index (χ4n) is 3.24. The van der Waals surface area contributed by atoms with Gasteiger partial charge < -0.3 is 15.1 Å². The third-order valence-corrected chi connectivity index (χ3v) is 4.32. The second-order valence-electron chi connectivity index (χ2n) is 6.52. The van der Waals surface area contributed by atoms with Gasteiger partial charge in [0, 0.05) is 26.2 Å². The molecule has 4 heteroatoms. The zero-order chi connectivity index (χ0) is 14.4. The molecule has 0 bridgehead atoms. The molecule has 20 heavy (non-hydrogen) atoms. The van der Waals surface area contributed by atoms with Crippen LogP contribution in [0.15, 0.2) is 12.2 Å². The van der Waals surface area contributed by atoms with Crippen LogP contribution in [0.1, 0.15) is 32.1 Å². The summed E-state index contributed by atoms with van der Waals surface area (Å²) < 4.78 is 0. The van der Waals surface area contributed by atoms with Gasteiger partial charge in [-0.1, -0.05) is 18.6 Å². The monoisotopic (exact) mass is 279 g/mol. The minimum Gasteiger partial charge on any atom is -0.337 e. The topological polar surface area (TPSA) is 35.6 Å². The second-order valence-corrected chi connectivity index (χ2v) is 6.52. The summed E-state index contributed by atoms with van der Waals surface area (Å²) in [6, 6.07) is 0.129. The van der Waals surface area contributed by atoms with Crippen LogP contribution in [0.2, 0.25) is 0 Å². The van der Waals surface area contributed by atoms with Gasteiger partial charge in [0.25, 0.3) is 0 Å². The van der Waals surface area contributed by atoms with Crippen molar-refractivity contribution in [2.45, 2.75) is 32.1 Å². The number of nitrogens with one attached hydrogen (secondary N) is 1. The van der Waals surface area contributed by atoms with E-state index >= 15 is 0 Å². The summed E-state index contributed by atoms with van der Waals surface area (Å²) in [5.41, 5.74) is 0. The first kappa shape index (κ1) is 15.4. The summed E-state index contributed by atoms with van der Waals surface area (Å²) in [5.74, 6) is 1.16. The number of carbonyl (C=O) groups excluding carboxylic acids is 1. The van der Waals surface area contributed by atoms with E-state index in [1.807, 2.05) is 4.90 Å². The Balaban J connectivity index is 1.70. The lowest BCUT2D eigenvalue weighted by Gasteiger charge is -2.20. The molecule has 2 aliphatic rings. The molecule has 0 spiro atoms. The normalized spacial score (nSPS) is 26.9. The smallest absolute Gasteiger partial charge is 0.317 e. The van der Waals surface area contributed by atoms with Crippen molar-refractivity contribution in [1.29, 1.82) is 0 Å². The van der Waals surface area contributed by atoms with Crippen LogP contribution in [0.3, 0.4) is 0 Å². The molecule has 2 amide bonds. The van der Waals surface area contributed by atoms with Gasteiger partial charge in [-0.2, -0.15) is 0 Å². The molecule has 1 aliphatic carbocycles. The fourth-order valence-corrected chi connectivity index (χ4v) is 3.24. The molecule has 1 aliphatic heterocycles. The summed E-state index contributed by atoms with van der Waals surface area (Å²) in [5, 5.41) is 3.12. The van der Waals surface area contributed by atoms with E-state index in [-0.39, 0.29) is 6.03 Å². The number of hydrogen-bond acceptors (Lipinski definition) is 2. The number of nitrogens with zero attached hydrogens (tertiary/aromatic N) is 2. The van der Waals surface area contributed by atoms with Crippen molar-refractivity contribution in [3.05, 3.63) is 12.2 Å². The Hall–Kier alpha value is -1.03. The van der Waals surface area contributed by atoms with Crippen LogP contribution in [0.25, 0.3) is 0 Å². The number of likely N-dealkylation sites (tertiary alicyclic amines) is 1. The molecule has 2 atom stereocenters. The lowest BCUT2D eigenvalue weighted by molar-refractivity contribution is 0.204. The van der Waals surface area contributed by atoms with Crippen molar-refractivity contribution in [2.24, 2.45) is 11.8 Å². The third kappa shape index (κ3) is 4.82. The van der Waals surface area contributed by atoms with Gasteiger partial charge >= 0.3 is 6.03 Å². The maximum absolute atomic E-state index is 12.2. The van der Waals surface area contributed by atoms with Gasteiger partial charge in [-0.25, -0.2) is 4.79 Å². The maximum Gasteiger partial charge on any atom is 0.317 e. The van der Waals surface area contributed by atoms with E-state index in [0.29, 0.717) is 11.8 Å². The van der Waals surface area contributed by atoms with Crippen LogP contribution >= 0.6 is 0 Å². The molecule has 4 nitrogen and oxygen atoms in total. The number of urea groups is 1. The van der Waals surface area contributed by atoms with Crippen LogP contribution in [-0.4, -0.2) is 56.1 Å². The average Bonchev–Trinajstić information content (AvgIpc) is 2.71. The van der Waals surface area contributed by atoms with Gasteiger partial charge in [-0.05, 0) is 51.6 Å². The number of hydrogen-bond donors (Lipinski definition) is 1. The van der Waals surface area contributed by atoms with Crippen LogP contribution in [0.5, 0.6) is 0 Å². The van der Waals surface area contributed by atoms with Gasteiger partial charge in [-0.15, -0.1) is 0 Å². The molecule has 1 heterocycles. The fraction of sp³-hybridized carbons (Fsp3) is 0.812. The van der Waals surface area contributed by atoms with E-state index in [4.69, 9.17) is 0 Å². The molecule has 0 aromatic carbocycles. The van der Waals surface area contributed by atoms with Crippen molar-refractivity contribution in [3.8, 4) is 0 Å². The van der Waals surface area contributed by atoms with E-state index < -0.39 is 0 Å². The second kappa shape index (κ2) is 7.67. The molecule has 0 saturated carbocycles. The van der Waals surface area contributed by atoms with Gasteiger partial charge in [0.15, 0.2) is 0 Å². The first-order chi connectivity index (χ1) is 9.65. The predicted molar refractivity (Wildman–Crippen MR) is 82.7 cm³/mol. The highest BCUT2D eigenvalue weighted by Gasteiger charge is 2.26.